The molecule has 2 aromatic rings. The Bertz CT molecular complexity index is 595. The van der Waals surface area contributed by atoms with Crippen molar-refractivity contribution >= 4 is 5.71 Å². The molecule has 6 heteroatoms. The fraction of sp³-hybridized carbons (Fsp3) is 0.286. The molecule has 104 valence electrons. The number of imidazole rings is 1. The summed E-state index contributed by atoms with van der Waals surface area (Å²) in [7, 11) is 0. The molecule has 1 aliphatic rings. The van der Waals surface area contributed by atoms with E-state index in [1.165, 1.54) is 0 Å². The summed E-state index contributed by atoms with van der Waals surface area (Å²) in [5.74, 6) is 0.787. The van der Waals surface area contributed by atoms with Crippen LogP contribution in [-0.2, 0) is 4.84 Å². The number of ether oxygens (including phenoxy) is 1. The quantitative estimate of drug-likeness (QED) is 0.891. The van der Waals surface area contributed by atoms with Crippen LogP contribution in [0.5, 0.6) is 5.75 Å². The maximum absolute atomic E-state index is 5.85. The first-order valence-corrected chi connectivity index (χ1v) is 6.48. The number of para-hydroxylation sites is 2. The third-order valence-corrected chi connectivity index (χ3v) is 3.10. The highest BCUT2D eigenvalue weighted by molar-refractivity contribution is 5.87. The molecule has 0 radical (unpaired) electrons. The normalized spacial score (nSPS) is 17.6. The number of hydrogen-bond donors (Lipinski definition) is 1. The molecule has 2 heterocycles. The van der Waals surface area contributed by atoms with Crippen molar-refractivity contribution < 1.29 is 9.57 Å². The van der Waals surface area contributed by atoms with Crippen LogP contribution in [-0.4, -0.2) is 34.5 Å². The van der Waals surface area contributed by atoms with Gasteiger partial charge in [-0.05, 0) is 12.1 Å². The monoisotopic (exact) mass is 272 g/mol. The molecule has 3 rings (SSSR count). The molecule has 0 fully saturated rings. The summed E-state index contributed by atoms with van der Waals surface area (Å²) in [4.78, 5) is 9.32. The first-order chi connectivity index (χ1) is 9.86. The van der Waals surface area contributed by atoms with Crippen LogP contribution in [0.15, 0.2) is 48.1 Å². The smallest absolute Gasteiger partial charge is 0.166 e. The van der Waals surface area contributed by atoms with E-state index < -0.39 is 0 Å². The van der Waals surface area contributed by atoms with E-state index in [0.717, 1.165) is 23.6 Å². The minimum atomic E-state index is -0.0654. The summed E-state index contributed by atoms with van der Waals surface area (Å²) in [5.41, 5.74) is 7.35. The zero-order valence-electron chi connectivity index (χ0n) is 11.0. The van der Waals surface area contributed by atoms with Gasteiger partial charge in [0.25, 0.3) is 0 Å². The van der Waals surface area contributed by atoms with E-state index in [2.05, 4.69) is 10.1 Å². The number of nitrogens with zero attached hydrogens (tertiary/aromatic N) is 3. The van der Waals surface area contributed by atoms with Crippen LogP contribution in [0.25, 0.3) is 5.69 Å². The Kier molecular flexibility index (Phi) is 3.64. The molecule has 0 saturated heterocycles. The van der Waals surface area contributed by atoms with E-state index in [4.69, 9.17) is 15.3 Å². The van der Waals surface area contributed by atoms with Crippen molar-refractivity contribution in [1.82, 2.24) is 9.55 Å². The van der Waals surface area contributed by atoms with E-state index >= 15 is 0 Å². The zero-order chi connectivity index (χ0) is 13.8. The average molecular weight is 272 g/mol. The Morgan fingerprint density at radius 1 is 1.40 bits per heavy atom. The van der Waals surface area contributed by atoms with Gasteiger partial charge in [-0.25, -0.2) is 4.98 Å². The zero-order valence-corrected chi connectivity index (χ0v) is 11.0. The van der Waals surface area contributed by atoms with E-state index in [0.29, 0.717) is 13.2 Å². The summed E-state index contributed by atoms with van der Waals surface area (Å²) in [6, 6.07) is 7.81. The third-order valence-electron chi connectivity index (χ3n) is 3.10. The highest BCUT2D eigenvalue weighted by atomic mass is 16.7. The minimum absolute atomic E-state index is 0.0654. The predicted octanol–water partition coefficient (Wildman–Crippen LogP) is 1.35. The van der Waals surface area contributed by atoms with E-state index in [-0.39, 0.29) is 6.10 Å². The molecule has 1 atom stereocenters. The van der Waals surface area contributed by atoms with Crippen LogP contribution in [0.3, 0.4) is 0 Å². The summed E-state index contributed by atoms with van der Waals surface area (Å²) in [5, 5.41) is 3.92. The van der Waals surface area contributed by atoms with Crippen molar-refractivity contribution in [1.29, 1.82) is 0 Å². The van der Waals surface area contributed by atoms with Gasteiger partial charge in [0.1, 0.15) is 12.4 Å². The van der Waals surface area contributed by atoms with Crippen LogP contribution in [0.1, 0.15) is 6.42 Å². The molecule has 0 spiro atoms. The maximum Gasteiger partial charge on any atom is 0.166 e. The average Bonchev–Trinajstić information content (AvgIpc) is 3.17. The molecule has 0 saturated carbocycles. The minimum Gasteiger partial charge on any atom is -0.487 e. The number of benzene rings is 1. The summed E-state index contributed by atoms with van der Waals surface area (Å²) >= 11 is 0. The van der Waals surface area contributed by atoms with Gasteiger partial charge < -0.3 is 19.9 Å². The second-order valence-corrected chi connectivity index (χ2v) is 4.54. The number of aromatic nitrogens is 2. The number of rotatable bonds is 5. The van der Waals surface area contributed by atoms with Gasteiger partial charge in [-0.1, -0.05) is 17.3 Å². The number of hydrogen-bond acceptors (Lipinski definition) is 5. The van der Waals surface area contributed by atoms with Crippen LogP contribution < -0.4 is 10.5 Å². The van der Waals surface area contributed by atoms with E-state index in [9.17, 15) is 0 Å². The Morgan fingerprint density at radius 3 is 3.05 bits per heavy atom. The van der Waals surface area contributed by atoms with E-state index in [1.54, 1.807) is 12.5 Å². The first kappa shape index (κ1) is 12.7. The van der Waals surface area contributed by atoms with Crippen LogP contribution >= 0.6 is 0 Å². The number of oxime groups is 1. The van der Waals surface area contributed by atoms with Gasteiger partial charge in [0, 0.05) is 25.4 Å². The lowest BCUT2D eigenvalue weighted by Crippen LogP contribution is -2.21. The second-order valence-electron chi connectivity index (χ2n) is 4.54. The summed E-state index contributed by atoms with van der Waals surface area (Å²) < 4.78 is 7.76. The third kappa shape index (κ3) is 2.65. The Hall–Kier alpha value is -2.34. The first-order valence-electron chi connectivity index (χ1n) is 6.48. The van der Waals surface area contributed by atoms with Crippen molar-refractivity contribution in [3.8, 4) is 11.4 Å². The van der Waals surface area contributed by atoms with E-state index in [1.807, 2.05) is 35.0 Å². The van der Waals surface area contributed by atoms with Crippen LogP contribution in [0.4, 0.5) is 0 Å². The highest BCUT2D eigenvalue weighted by Gasteiger charge is 2.21. The molecular formula is C14H16N4O2. The van der Waals surface area contributed by atoms with Crippen molar-refractivity contribution in [2.45, 2.75) is 12.5 Å². The van der Waals surface area contributed by atoms with Crippen LogP contribution in [0.2, 0.25) is 0 Å². The largest absolute Gasteiger partial charge is 0.487 e. The number of nitrogens with two attached hydrogens (primary N) is 1. The van der Waals surface area contributed by atoms with Gasteiger partial charge >= 0.3 is 0 Å². The lowest BCUT2D eigenvalue weighted by molar-refractivity contribution is 0.0470. The van der Waals surface area contributed by atoms with Crippen molar-refractivity contribution in [3.05, 3.63) is 43.0 Å². The molecule has 20 heavy (non-hydrogen) atoms. The van der Waals surface area contributed by atoms with Gasteiger partial charge in [0.15, 0.2) is 6.10 Å². The van der Waals surface area contributed by atoms with Gasteiger partial charge in [0.2, 0.25) is 0 Å². The second kappa shape index (κ2) is 5.75. The molecule has 1 aromatic carbocycles. The Balaban J connectivity index is 1.67. The predicted molar refractivity (Wildman–Crippen MR) is 75.0 cm³/mol. The van der Waals surface area contributed by atoms with Gasteiger partial charge in [0.05, 0.1) is 17.7 Å². The molecule has 0 amide bonds. The molecule has 1 unspecified atom stereocenters. The fourth-order valence-electron chi connectivity index (χ4n) is 2.07. The molecule has 2 N–H and O–H groups in total. The lowest BCUT2D eigenvalue weighted by Gasteiger charge is -2.14. The van der Waals surface area contributed by atoms with Gasteiger partial charge in [-0.15, -0.1) is 0 Å². The Labute approximate surface area is 116 Å². The summed E-state index contributed by atoms with van der Waals surface area (Å²) in [6.45, 7) is 0.876. The molecular weight excluding hydrogens is 256 g/mol. The van der Waals surface area contributed by atoms with Crippen molar-refractivity contribution in [3.63, 3.8) is 0 Å². The lowest BCUT2D eigenvalue weighted by atomic mass is 10.2. The highest BCUT2D eigenvalue weighted by Crippen LogP contribution is 2.23. The SMILES string of the molecule is NCC1=NOC(COc2ccccc2-n2ccnc2)C1. The maximum atomic E-state index is 5.85. The fourth-order valence-corrected chi connectivity index (χ4v) is 2.07. The molecule has 0 aliphatic carbocycles. The summed E-state index contributed by atoms with van der Waals surface area (Å²) in [6.07, 6.45) is 6.01. The Morgan fingerprint density at radius 2 is 2.30 bits per heavy atom. The topological polar surface area (TPSA) is 74.7 Å². The van der Waals surface area contributed by atoms with Gasteiger partial charge in [-0.2, -0.15) is 0 Å². The van der Waals surface area contributed by atoms with Crippen molar-refractivity contribution in [2.75, 3.05) is 13.2 Å². The van der Waals surface area contributed by atoms with Crippen molar-refractivity contribution in [2.24, 2.45) is 10.9 Å². The molecule has 6 nitrogen and oxygen atoms in total. The standard InChI is InChI=1S/C14H16N4O2/c15-8-11-7-12(20-17-11)9-19-14-4-2-1-3-13(14)18-6-5-16-10-18/h1-6,10,12H,7-9,15H2. The molecule has 1 aromatic heterocycles. The molecule has 0 bridgehead atoms. The van der Waals surface area contributed by atoms with Gasteiger partial charge in [-0.3, -0.25) is 0 Å². The molecule has 1 aliphatic heterocycles. The van der Waals surface area contributed by atoms with Crippen LogP contribution in [0, 0.1) is 0 Å².